The van der Waals surface area contributed by atoms with Crippen LogP contribution in [0, 0.1) is 0 Å². The third-order valence-corrected chi connectivity index (χ3v) is 10.6. The summed E-state index contributed by atoms with van der Waals surface area (Å²) in [5.74, 6) is 0. The normalized spacial score (nSPS) is 11.8. The smallest absolute Gasteiger partial charge is 0.136 e. The Morgan fingerprint density at radius 2 is 1.09 bits per heavy atom. The molecule has 0 N–H and O–H groups in total. The summed E-state index contributed by atoms with van der Waals surface area (Å²) in [4.78, 5) is 2.33. The van der Waals surface area contributed by atoms with Gasteiger partial charge in [0.1, 0.15) is 11.2 Å². The minimum absolute atomic E-state index is 0.901. The molecule has 0 aliphatic carbocycles. The SMILES string of the molecule is c1ccc(N(c2ccc(-c3ccc4ccccc4c3)cc2)c2ccc3oc4ccc5c(sc6ccc7ccccc7c65)c4c3c2)cc1. The average molecular weight is 618 g/mol. The summed E-state index contributed by atoms with van der Waals surface area (Å²) in [5.41, 5.74) is 7.54. The predicted molar refractivity (Wildman–Crippen MR) is 202 cm³/mol. The third-order valence-electron chi connectivity index (χ3n) is 9.42. The molecular weight excluding hydrogens is 591 g/mol. The highest BCUT2D eigenvalue weighted by Crippen LogP contribution is 2.46. The maximum atomic E-state index is 6.47. The first kappa shape index (κ1) is 26.3. The lowest BCUT2D eigenvalue weighted by Crippen LogP contribution is -2.09. The van der Waals surface area contributed by atoms with Crippen LogP contribution in [0.4, 0.5) is 17.1 Å². The van der Waals surface area contributed by atoms with Crippen molar-refractivity contribution in [3.8, 4) is 11.1 Å². The Morgan fingerprint density at radius 3 is 1.96 bits per heavy atom. The highest BCUT2D eigenvalue weighted by atomic mass is 32.1. The molecule has 0 saturated carbocycles. The summed E-state index contributed by atoms with van der Waals surface area (Å²) < 4.78 is 9.05. The fraction of sp³-hybridized carbons (Fsp3) is 0. The van der Waals surface area contributed by atoms with E-state index in [1.165, 1.54) is 58.2 Å². The van der Waals surface area contributed by atoms with Crippen LogP contribution in [0.3, 0.4) is 0 Å². The van der Waals surface area contributed by atoms with Crippen molar-refractivity contribution in [1.29, 1.82) is 0 Å². The van der Waals surface area contributed by atoms with Gasteiger partial charge in [-0.25, -0.2) is 0 Å². The van der Waals surface area contributed by atoms with Crippen LogP contribution in [0.25, 0.3) is 74.8 Å². The van der Waals surface area contributed by atoms with Gasteiger partial charge in [-0.05, 0) is 99.4 Å². The zero-order valence-electron chi connectivity index (χ0n) is 25.4. The van der Waals surface area contributed by atoms with E-state index in [0.29, 0.717) is 0 Å². The summed E-state index contributed by atoms with van der Waals surface area (Å²) >= 11 is 1.86. The van der Waals surface area contributed by atoms with E-state index in [9.17, 15) is 0 Å². The molecule has 10 rings (SSSR count). The summed E-state index contributed by atoms with van der Waals surface area (Å²) in [6, 6.07) is 58.9. The monoisotopic (exact) mass is 617 g/mol. The molecule has 2 aromatic heterocycles. The van der Waals surface area contributed by atoms with Crippen molar-refractivity contribution in [1.82, 2.24) is 0 Å². The molecule has 0 saturated heterocycles. The largest absolute Gasteiger partial charge is 0.456 e. The Hall–Kier alpha value is -5.90. The van der Waals surface area contributed by atoms with Gasteiger partial charge >= 0.3 is 0 Å². The predicted octanol–water partition coefficient (Wildman–Crippen LogP) is 13.4. The number of thiophene rings is 1. The summed E-state index contributed by atoms with van der Waals surface area (Å²) in [6.07, 6.45) is 0. The maximum absolute atomic E-state index is 6.47. The van der Waals surface area contributed by atoms with E-state index in [0.717, 1.165) is 33.6 Å². The second-order valence-electron chi connectivity index (χ2n) is 12.1. The molecule has 0 aliphatic heterocycles. The van der Waals surface area contributed by atoms with Gasteiger partial charge in [-0.1, -0.05) is 97.1 Å². The molecule has 10 aromatic rings. The van der Waals surface area contributed by atoms with Gasteiger partial charge in [-0.3, -0.25) is 0 Å². The standard InChI is InChI=1S/C44H27NOS/c1-2-11-33(12-3-1)45(34-19-16-29(17-20-34)32-15-14-28-8-4-5-10-31(28)26-32)35-21-23-39-38(27-35)43-40(46-39)24-22-37-42-36-13-7-6-9-30(36)18-25-41(42)47-44(37)43/h1-27H. The summed E-state index contributed by atoms with van der Waals surface area (Å²) in [7, 11) is 0. The van der Waals surface area contributed by atoms with Crippen molar-refractivity contribution in [2.24, 2.45) is 0 Å². The second-order valence-corrected chi connectivity index (χ2v) is 13.2. The quantitative estimate of drug-likeness (QED) is 0.195. The van der Waals surface area contributed by atoms with E-state index in [-0.39, 0.29) is 0 Å². The van der Waals surface area contributed by atoms with Gasteiger partial charge in [0.2, 0.25) is 0 Å². The number of hydrogen-bond acceptors (Lipinski definition) is 3. The van der Waals surface area contributed by atoms with Gasteiger partial charge in [0.05, 0.1) is 0 Å². The van der Waals surface area contributed by atoms with Crippen molar-refractivity contribution in [2.75, 3.05) is 4.90 Å². The van der Waals surface area contributed by atoms with Gasteiger partial charge in [0.25, 0.3) is 0 Å². The van der Waals surface area contributed by atoms with E-state index in [4.69, 9.17) is 4.42 Å². The maximum Gasteiger partial charge on any atom is 0.136 e. The molecule has 0 fully saturated rings. The van der Waals surface area contributed by atoms with Crippen LogP contribution < -0.4 is 4.90 Å². The number of rotatable bonds is 4. The van der Waals surface area contributed by atoms with Gasteiger partial charge in [0, 0.05) is 48.0 Å². The number of anilines is 3. The first-order chi connectivity index (χ1) is 23.3. The Labute approximate surface area is 275 Å². The molecule has 220 valence electrons. The molecule has 8 aromatic carbocycles. The van der Waals surface area contributed by atoms with Crippen LogP contribution in [0.15, 0.2) is 168 Å². The van der Waals surface area contributed by atoms with E-state index >= 15 is 0 Å². The Morgan fingerprint density at radius 1 is 0.404 bits per heavy atom. The molecule has 0 radical (unpaired) electrons. The molecular formula is C44H27NOS. The average Bonchev–Trinajstić information content (AvgIpc) is 3.71. The Balaban J connectivity index is 1.14. The lowest BCUT2D eigenvalue weighted by Gasteiger charge is -2.25. The van der Waals surface area contributed by atoms with Crippen molar-refractivity contribution >= 4 is 92.1 Å². The van der Waals surface area contributed by atoms with Crippen molar-refractivity contribution < 1.29 is 4.42 Å². The molecule has 2 nitrogen and oxygen atoms in total. The molecule has 2 heterocycles. The Bertz CT molecular complexity index is 2790. The fourth-order valence-corrected chi connectivity index (χ4v) is 8.46. The van der Waals surface area contributed by atoms with Crippen LogP contribution in [0.2, 0.25) is 0 Å². The number of benzene rings is 8. The molecule has 0 unspecified atom stereocenters. The molecule has 0 amide bonds. The second kappa shape index (κ2) is 10.3. The van der Waals surface area contributed by atoms with E-state index in [1.807, 2.05) is 11.3 Å². The first-order valence-electron chi connectivity index (χ1n) is 15.9. The zero-order chi connectivity index (χ0) is 30.9. The lowest BCUT2D eigenvalue weighted by molar-refractivity contribution is 0.669. The van der Waals surface area contributed by atoms with Crippen LogP contribution >= 0.6 is 11.3 Å². The van der Waals surface area contributed by atoms with Gasteiger partial charge in [-0.2, -0.15) is 0 Å². The molecule has 47 heavy (non-hydrogen) atoms. The number of hydrogen-bond donors (Lipinski definition) is 0. The first-order valence-corrected chi connectivity index (χ1v) is 16.7. The van der Waals surface area contributed by atoms with Crippen LogP contribution in [-0.2, 0) is 0 Å². The summed E-state index contributed by atoms with van der Waals surface area (Å²) in [6.45, 7) is 0. The van der Waals surface area contributed by atoms with Crippen molar-refractivity contribution in [3.05, 3.63) is 164 Å². The van der Waals surface area contributed by atoms with Crippen molar-refractivity contribution in [2.45, 2.75) is 0 Å². The number of furan rings is 1. The minimum atomic E-state index is 0.901. The lowest BCUT2D eigenvalue weighted by atomic mass is 10.0. The van der Waals surface area contributed by atoms with E-state index in [2.05, 4.69) is 169 Å². The highest BCUT2D eigenvalue weighted by molar-refractivity contribution is 7.27. The molecule has 0 spiro atoms. The topological polar surface area (TPSA) is 16.4 Å². The third kappa shape index (κ3) is 4.17. The molecule has 0 aliphatic rings. The Kier molecular flexibility index (Phi) is 5.78. The van der Waals surface area contributed by atoms with Gasteiger partial charge in [0.15, 0.2) is 0 Å². The van der Waals surface area contributed by atoms with E-state index < -0.39 is 0 Å². The fourth-order valence-electron chi connectivity index (χ4n) is 7.19. The molecule has 0 atom stereocenters. The molecule has 3 heteroatoms. The molecule has 0 bridgehead atoms. The zero-order valence-corrected chi connectivity index (χ0v) is 26.2. The minimum Gasteiger partial charge on any atom is -0.456 e. The van der Waals surface area contributed by atoms with Crippen LogP contribution in [0.5, 0.6) is 0 Å². The number of fused-ring (bicyclic) bond motifs is 10. The van der Waals surface area contributed by atoms with Crippen LogP contribution in [-0.4, -0.2) is 0 Å². The van der Waals surface area contributed by atoms with Gasteiger partial charge in [-0.15, -0.1) is 11.3 Å². The number of nitrogens with zero attached hydrogens (tertiary/aromatic N) is 1. The van der Waals surface area contributed by atoms with Gasteiger partial charge < -0.3 is 9.32 Å². The van der Waals surface area contributed by atoms with E-state index in [1.54, 1.807) is 0 Å². The van der Waals surface area contributed by atoms with Crippen LogP contribution in [0.1, 0.15) is 0 Å². The van der Waals surface area contributed by atoms with Crippen molar-refractivity contribution in [3.63, 3.8) is 0 Å². The summed E-state index contributed by atoms with van der Waals surface area (Å²) in [5, 5.41) is 10.0. The number of para-hydroxylation sites is 1. The highest BCUT2D eigenvalue weighted by Gasteiger charge is 2.19.